The number of carbonyl (C=O) groups is 20. The summed E-state index contributed by atoms with van der Waals surface area (Å²) in [5.74, 6) is -89.6. The molecule has 0 amide bonds. The van der Waals surface area contributed by atoms with Crippen LogP contribution in [-0.4, -0.2) is 585 Å². The van der Waals surface area contributed by atoms with Crippen LogP contribution in [-0.2, 0) is 101 Å². The van der Waals surface area contributed by atoms with Gasteiger partial charge in [-0.05, 0) is 12.8 Å². The van der Waals surface area contributed by atoms with E-state index in [0.717, 1.165) is 0 Å². The first-order valence-corrected chi connectivity index (χ1v) is 46.0. The smallest absolute Gasteiger partial charge is 0.212 e. The molecule has 0 spiro atoms. The van der Waals surface area contributed by atoms with Gasteiger partial charge in [0.2, 0.25) is 34.3 Å². The number of hydrogen-bond acceptors (Lipinski definition) is 61. The van der Waals surface area contributed by atoms with Crippen LogP contribution < -0.4 is 0 Å². The highest BCUT2D eigenvalue weighted by atomic mass is 16.6. The maximum absolute atomic E-state index is 18.6. The van der Waals surface area contributed by atoms with Gasteiger partial charge < -0.3 is 209 Å². The van der Waals surface area contributed by atoms with E-state index in [2.05, 4.69) is 0 Å². The number of ether oxygens (including phenoxy) is 1. The zero-order valence-electron chi connectivity index (χ0n) is 80.5. The predicted molar refractivity (Wildman–Crippen MR) is 473 cm³/mol. The fraction of sp³-hybridized carbons (Fsp3) is 0.773. The lowest BCUT2D eigenvalue weighted by Gasteiger charge is -2.67. The summed E-state index contributed by atoms with van der Waals surface area (Å²) in [6.07, 6.45) is -115. The first kappa shape index (κ1) is 141. The molecule has 0 saturated carbocycles. The van der Waals surface area contributed by atoms with Gasteiger partial charge in [-0.2, -0.15) is 0 Å². The number of aliphatic hydroxyl groups is 40. The van der Waals surface area contributed by atoms with Crippen LogP contribution in [0.25, 0.3) is 0 Å². The minimum atomic E-state index is -8.58. The Morgan fingerprint density at radius 3 is 0.389 bits per heavy atom. The second-order valence-corrected chi connectivity index (χ2v) is 34.8. The molecule has 0 aromatic carbocycles. The number of ketones is 20. The second-order valence-electron chi connectivity index (χ2n) is 34.8. The summed E-state index contributed by atoms with van der Waals surface area (Å²) in [7, 11) is 0. The highest BCUT2D eigenvalue weighted by Crippen LogP contribution is 2.75. The van der Waals surface area contributed by atoms with Gasteiger partial charge in [0.15, 0.2) is 103 Å². The molecule has 0 saturated heterocycles. The summed E-state index contributed by atoms with van der Waals surface area (Å²) in [6.45, 7) is -62.2. The summed E-state index contributed by atoms with van der Waals surface area (Å²) in [5, 5.41) is 490. The first-order valence-electron chi connectivity index (χ1n) is 46.0. The minimum absolute atomic E-state index is 0.0704. The molecule has 149 heavy (non-hydrogen) atoms. The van der Waals surface area contributed by atoms with Crippen LogP contribution in [0.2, 0.25) is 0 Å². The predicted octanol–water partition coefficient (Wildman–Crippen LogP) is -24.9. The highest BCUT2D eigenvalue weighted by Gasteiger charge is 2.99. The van der Waals surface area contributed by atoms with Gasteiger partial charge in [-0.15, -0.1) is 0 Å². The van der Waals surface area contributed by atoms with E-state index < -0.39 is 476 Å². The Balaban J connectivity index is 17.8. The summed E-state index contributed by atoms with van der Waals surface area (Å²) < 4.78 is 6.00. The van der Waals surface area contributed by atoms with Gasteiger partial charge in [-0.1, -0.05) is 104 Å². The zero-order valence-corrected chi connectivity index (χ0v) is 80.5. The molecule has 856 valence electrons. The third kappa shape index (κ3) is 24.4. The van der Waals surface area contributed by atoms with Crippen molar-refractivity contribution >= 4 is 116 Å². The number of carbonyl (C=O) groups excluding carboxylic acids is 20. The van der Waals surface area contributed by atoms with Crippen molar-refractivity contribution in [1.82, 2.24) is 0 Å². The second kappa shape index (κ2) is 61.7. The molecule has 0 aliphatic heterocycles. The maximum atomic E-state index is 18.6. The van der Waals surface area contributed by atoms with Gasteiger partial charge in [0.25, 0.3) is 0 Å². The van der Waals surface area contributed by atoms with Gasteiger partial charge in [0.1, 0.15) is 155 Å². The van der Waals surface area contributed by atoms with Crippen molar-refractivity contribution in [2.75, 3.05) is 132 Å². The average molecular weight is 2170 g/mol. The molecule has 0 aromatic heterocycles. The molecule has 0 heterocycles. The number of rotatable bonds is 86. The Labute approximate surface area is 843 Å². The molecule has 0 bridgehead atoms. The van der Waals surface area contributed by atoms with Gasteiger partial charge in [-0.3, -0.25) is 95.9 Å². The standard InChI is InChI=1S/C88H138O61/c1-3-5-7-9-11-13-15-17-79(59(129)39(109)19-89,60(130)40(110)20-90)81(63(133)43(113)23-93,64(134)44(114)24-94)83(67(137)47(117)27-97,68(138)48(118)28-98)85(71(141)51(121)31-101,72(142)52(122)32-102)87(75(145)55(125)35-105,76(146)56(126)36-106)149-88(77(147)57(127)37-107,78(148)58(128)38-108)86(73(143)53(123)33-103,74(144)54(124)34-104)84(69(139)49(119)29-99,70(140)50(120)30-100)82(65(135)45(115)25-95,66(136)46(116)26-96)80(61(131)41(111)21-91,62(132)42(112)22-92)18-16-14-12-10-8-6-4-2/h39-58,89-128H,3-38H2,1-2H3. The summed E-state index contributed by atoms with van der Waals surface area (Å²) in [6, 6.07) is 0. The van der Waals surface area contributed by atoms with Crippen molar-refractivity contribution < 1.29 is 305 Å². The van der Waals surface area contributed by atoms with Gasteiger partial charge >= 0.3 is 0 Å². The van der Waals surface area contributed by atoms with E-state index >= 15 is 95.9 Å². The molecule has 0 aliphatic rings. The van der Waals surface area contributed by atoms with E-state index in [0.29, 0.717) is 0 Å². The van der Waals surface area contributed by atoms with Gasteiger partial charge in [-0.25, -0.2) is 0 Å². The summed E-state index contributed by atoms with van der Waals surface area (Å²) in [5.41, 5.74) is -78.6. The van der Waals surface area contributed by atoms with E-state index in [1.165, 1.54) is 13.8 Å². The molecule has 0 fully saturated rings. The third-order valence-electron chi connectivity index (χ3n) is 26.2. The monoisotopic (exact) mass is 2170 g/mol. The zero-order chi connectivity index (χ0) is 116. The van der Waals surface area contributed by atoms with Crippen LogP contribution in [0.3, 0.4) is 0 Å². The molecule has 0 rings (SSSR count). The lowest BCUT2D eigenvalue weighted by molar-refractivity contribution is -0.272. The Morgan fingerprint density at radius 2 is 0.255 bits per heavy atom. The summed E-state index contributed by atoms with van der Waals surface area (Å²) in [4.78, 5) is 363. The molecule has 40 N–H and O–H groups in total. The van der Waals surface area contributed by atoms with Crippen molar-refractivity contribution in [3.63, 3.8) is 0 Å². The minimum Gasteiger partial charge on any atom is -0.393 e. The van der Waals surface area contributed by atoms with E-state index in [9.17, 15) is 204 Å². The molecular formula is C88H138O61. The molecule has 20 atom stereocenters. The van der Waals surface area contributed by atoms with Crippen LogP contribution in [0.15, 0.2) is 0 Å². The Morgan fingerprint density at radius 1 is 0.148 bits per heavy atom. The van der Waals surface area contributed by atoms with Crippen molar-refractivity contribution in [1.29, 1.82) is 0 Å². The largest absolute Gasteiger partial charge is 0.393 e. The third-order valence-corrected chi connectivity index (χ3v) is 26.2. The molecule has 20 unspecified atom stereocenters. The highest BCUT2D eigenvalue weighted by molar-refractivity contribution is 6.41. The van der Waals surface area contributed by atoms with E-state index in [-0.39, 0.29) is 51.4 Å². The van der Waals surface area contributed by atoms with Crippen LogP contribution in [0.1, 0.15) is 117 Å². The van der Waals surface area contributed by atoms with E-state index in [1.807, 2.05) is 0 Å². The van der Waals surface area contributed by atoms with E-state index in [4.69, 9.17) is 4.74 Å². The van der Waals surface area contributed by atoms with Crippen LogP contribution in [0.4, 0.5) is 0 Å². The Kier molecular flexibility index (Phi) is 58.3. The van der Waals surface area contributed by atoms with E-state index in [1.54, 1.807) is 0 Å². The van der Waals surface area contributed by atoms with Crippen molar-refractivity contribution in [2.45, 2.75) is 250 Å². The molecule has 0 aromatic rings. The topological polar surface area (TPSA) is 1160 Å². The Bertz CT molecular complexity index is 4040. The first-order chi connectivity index (χ1) is 69.7. The van der Waals surface area contributed by atoms with Crippen molar-refractivity contribution in [3.8, 4) is 0 Å². The molecule has 61 nitrogen and oxygen atoms in total. The van der Waals surface area contributed by atoms with Gasteiger partial charge in [0.05, 0.1) is 132 Å². The molecule has 0 radical (unpaired) electrons. The van der Waals surface area contributed by atoms with Gasteiger partial charge in [0, 0.05) is 0 Å². The lowest BCUT2D eigenvalue weighted by Crippen LogP contribution is -2.93. The quantitative estimate of drug-likeness (QED) is 0.0199. The molecular weight excluding hydrogens is 2030 g/mol. The fourth-order valence-corrected chi connectivity index (χ4v) is 19.8. The number of Topliss-reactive ketones (excluding diaryl/α,β-unsaturated/α-hetero) is 20. The van der Waals surface area contributed by atoms with Crippen LogP contribution >= 0.6 is 0 Å². The molecule has 0 aliphatic carbocycles. The summed E-state index contributed by atoms with van der Waals surface area (Å²) >= 11 is 0. The maximum Gasteiger partial charge on any atom is 0.212 e. The average Bonchev–Trinajstić information content (AvgIpc) is 0.626. The van der Waals surface area contributed by atoms with Crippen LogP contribution in [0.5, 0.6) is 0 Å². The lowest BCUT2D eigenvalue weighted by atomic mass is 9.29. The number of aliphatic hydroxyl groups excluding tert-OH is 40. The Hall–Kier alpha value is -8.24. The van der Waals surface area contributed by atoms with Crippen molar-refractivity contribution in [3.05, 3.63) is 0 Å². The number of unbranched alkanes of at least 4 members (excludes halogenated alkanes) is 12. The normalized spacial score (nSPS) is 20.2. The number of hydrogen-bond donors (Lipinski definition) is 40. The SMILES string of the molecule is CCCCCCCCCC(C(=O)C(O)CO)(C(=O)C(O)CO)C(C(=O)C(O)CO)(C(=O)C(O)CO)C(C(=O)C(O)CO)(C(=O)C(O)CO)C(C(=O)C(O)CO)(C(=O)C(O)CO)C(OC(C(=O)C(O)CO)(C(=O)C(O)CO)C(C(=O)C(O)CO)(C(=O)C(O)CO)C(C(=O)C(O)CO)(C(=O)C(O)CO)C(C(=O)C(O)CO)(C(=O)C(O)CO)C(CCCCCCCCC)(C(=O)C(O)CO)C(=O)C(O)CO)(C(=O)C(O)CO)C(=O)C(O)CO. The van der Waals surface area contributed by atoms with Crippen LogP contribution in [0, 0.1) is 43.3 Å². The fourth-order valence-electron chi connectivity index (χ4n) is 19.8. The van der Waals surface area contributed by atoms with Crippen molar-refractivity contribution in [2.24, 2.45) is 43.3 Å². The molecule has 61 heteroatoms.